The summed E-state index contributed by atoms with van der Waals surface area (Å²) < 4.78 is 0. The van der Waals surface area contributed by atoms with Crippen molar-refractivity contribution in [1.29, 1.82) is 0 Å². The summed E-state index contributed by atoms with van der Waals surface area (Å²) in [5.41, 5.74) is 2.62. The zero-order chi connectivity index (χ0) is 15.4. The van der Waals surface area contributed by atoms with Crippen molar-refractivity contribution in [2.24, 2.45) is 0 Å². The Labute approximate surface area is 129 Å². The van der Waals surface area contributed by atoms with Crippen LogP contribution in [0.25, 0.3) is 0 Å². The van der Waals surface area contributed by atoms with Gasteiger partial charge in [0.2, 0.25) is 0 Å². The van der Waals surface area contributed by atoms with E-state index in [0.29, 0.717) is 22.0 Å². The Hall–Kier alpha value is -2.31. The van der Waals surface area contributed by atoms with Gasteiger partial charge in [-0.3, -0.25) is 4.79 Å². The minimum absolute atomic E-state index is 0.194. The number of nitrogens with zero attached hydrogens (tertiary/aromatic N) is 1. The fraction of sp³-hybridized carbons (Fsp3) is 0.176. The standard InChI is InChI=1S/C17H15ClN2O/c1-4-12-6-5-7-14(8-12)19-17(21)13-9-15(11(2)3)20-16(18)10-13/h1,5-11H,2-3H3,(H,19,21). The molecule has 1 heterocycles. The van der Waals surface area contributed by atoms with E-state index in [1.807, 2.05) is 13.8 Å². The van der Waals surface area contributed by atoms with Gasteiger partial charge in [0.15, 0.2) is 0 Å². The summed E-state index contributed by atoms with van der Waals surface area (Å²) >= 11 is 5.97. The summed E-state index contributed by atoms with van der Waals surface area (Å²) in [5.74, 6) is 2.49. The molecule has 0 unspecified atom stereocenters. The second kappa shape index (κ2) is 6.43. The molecule has 1 aromatic carbocycles. The zero-order valence-corrected chi connectivity index (χ0v) is 12.6. The van der Waals surface area contributed by atoms with E-state index in [2.05, 4.69) is 16.2 Å². The molecule has 2 rings (SSSR count). The number of halogens is 1. The molecule has 0 bridgehead atoms. The summed E-state index contributed by atoms with van der Waals surface area (Å²) in [5, 5.41) is 3.11. The lowest BCUT2D eigenvalue weighted by Gasteiger charge is -2.09. The van der Waals surface area contributed by atoms with Crippen molar-refractivity contribution >= 4 is 23.2 Å². The van der Waals surface area contributed by atoms with E-state index in [4.69, 9.17) is 18.0 Å². The highest BCUT2D eigenvalue weighted by atomic mass is 35.5. The minimum Gasteiger partial charge on any atom is -0.322 e. The number of carbonyl (C=O) groups is 1. The number of anilines is 1. The van der Waals surface area contributed by atoms with Gasteiger partial charge >= 0.3 is 0 Å². The largest absolute Gasteiger partial charge is 0.322 e. The summed E-state index contributed by atoms with van der Waals surface area (Å²) in [7, 11) is 0. The van der Waals surface area contributed by atoms with Crippen molar-refractivity contribution in [2.45, 2.75) is 19.8 Å². The molecule has 0 atom stereocenters. The van der Waals surface area contributed by atoms with Crippen LogP contribution >= 0.6 is 11.6 Å². The summed E-state index contributed by atoms with van der Waals surface area (Å²) in [4.78, 5) is 16.5. The van der Waals surface area contributed by atoms with E-state index in [9.17, 15) is 4.79 Å². The second-order valence-corrected chi connectivity index (χ2v) is 5.32. The van der Waals surface area contributed by atoms with Crippen LogP contribution < -0.4 is 5.32 Å². The van der Waals surface area contributed by atoms with E-state index < -0.39 is 0 Å². The maximum absolute atomic E-state index is 12.3. The Kier molecular flexibility index (Phi) is 4.62. The molecule has 0 radical (unpaired) electrons. The molecule has 21 heavy (non-hydrogen) atoms. The van der Waals surface area contributed by atoms with E-state index in [1.54, 1.807) is 36.4 Å². The number of terminal acetylenes is 1. The Morgan fingerprint density at radius 1 is 1.33 bits per heavy atom. The van der Waals surface area contributed by atoms with Crippen LogP contribution in [0.4, 0.5) is 5.69 Å². The topological polar surface area (TPSA) is 42.0 Å². The van der Waals surface area contributed by atoms with Gasteiger partial charge in [0, 0.05) is 22.5 Å². The van der Waals surface area contributed by atoms with Crippen LogP contribution in [0.3, 0.4) is 0 Å². The third-order valence-corrected chi connectivity index (χ3v) is 3.15. The Bertz CT molecular complexity index is 717. The zero-order valence-electron chi connectivity index (χ0n) is 11.9. The van der Waals surface area contributed by atoms with Gasteiger partial charge in [-0.2, -0.15) is 0 Å². The molecular formula is C17H15ClN2O. The minimum atomic E-state index is -0.240. The van der Waals surface area contributed by atoms with E-state index in [-0.39, 0.29) is 11.8 Å². The van der Waals surface area contributed by atoms with E-state index >= 15 is 0 Å². The van der Waals surface area contributed by atoms with Gasteiger partial charge in [-0.05, 0) is 36.2 Å². The summed E-state index contributed by atoms with van der Waals surface area (Å²) in [6, 6.07) is 10.4. The lowest BCUT2D eigenvalue weighted by atomic mass is 10.1. The average molecular weight is 299 g/mol. The summed E-state index contributed by atoms with van der Waals surface area (Å²) in [6.07, 6.45) is 5.35. The van der Waals surface area contributed by atoms with Gasteiger partial charge in [0.25, 0.3) is 5.91 Å². The van der Waals surface area contributed by atoms with Crippen molar-refractivity contribution in [3.8, 4) is 12.3 Å². The molecule has 0 saturated carbocycles. The SMILES string of the molecule is C#Cc1cccc(NC(=O)c2cc(Cl)nc(C(C)C)c2)c1. The van der Waals surface area contributed by atoms with Gasteiger partial charge in [-0.1, -0.05) is 37.4 Å². The monoisotopic (exact) mass is 298 g/mol. The highest BCUT2D eigenvalue weighted by Gasteiger charge is 2.11. The fourth-order valence-electron chi connectivity index (χ4n) is 1.83. The fourth-order valence-corrected chi connectivity index (χ4v) is 2.05. The van der Waals surface area contributed by atoms with Crippen molar-refractivity contribution in [1.82, 2.24) is 4.98 Å². The van der Waals surface area contributed by atoms with Crippen LogP contribution in [0.5, 0.6) is 0 Å². The van der Waals surface area contributed by atoms with Gasteiger partial charge in [-0.25, -0.2) is 4.98 Å². The molecule has 3 nitrogen and oxygen atoms in total. The van der Waals surface area contributed by atoms with Crippen molar-refractivity contribution in [3.63, 3.8) is 0 Å². The molecule has 0 spiro atoms. The number of hydrogen-bond donors (Lipinski definition) is 1. The van der Waals surface area contributed by atoms with Gasteiger partial charge in [0.1, 0.15) is 5.15 Å². The van der Waals surface area contributed by atoms with Crippen LogP contribution in [-0.4, -0.2) is 10.9 Å². The van der Waals surface area contributed by atoms with E-state index in [0.717, 1.165) is 5.69 Å². The molecule has 1 N–H and O–H groups in total. The lowest BCUT2D eigenvalue weighted by molar-refractivity contribution is 0.102. The van der Waals surface area contributed by atoms with Crippen LogP contribution in [0.1, 0.15) is 41.4 Å². The first-order chi connectivity index (χ1) is 9.99. The number of amides is 1. The third kappa shape index (κ3) is 3.84. The normalized spacial score (nSPS) is 10.2. The molecule has 2 aromatic rings. The first-order valence-electron chi connectivity index (χ1n) is 6.55. The number of hydrogen-bond acceptors (Lipinski definition) is 2. The van der Waals surface area contributed by atoms with Crippen molar-refractivity contribution in [2.75, 3.05) is 5.32 Å². The lowest BCUT2D eigenvalue weighted by Crippen LogP contribution is -2.13. The Balaban J connectivity index is 2.26. The van der Waals surface area contributed by atoms with E-state index in [1.165, 1.54) is 0 Å². The molecule has 1 amide bonds. The van der Waals surface area contributed by atoms with Crippen LogP contribution in [0.2, 0.25) is 5.15 Å². The molecule has 0 aliphatic carbocycles. The van der Waals surface area contributed by atoms with Crippen LogP contribution in [0.15, 0.2) is 36.4 Å². The molecule has 0 aliphatic heterocycles. The highest BCUT2D eigenvalue weighted by molar-refractivity contribution is 6.29. The molecular weight excluding hydrogens is 284 g/mol. The molecule has 106 valence electrons. The van der Waals surface area contributed by atoms with Crippen molar-refractivity contribution < 1.29 is 4.79 Å². The first-order valence-corrected chi connectivity index (χ1v) is 6.93. The maximum Gasteiger partial charge on any atom is 0.255 e. The molecule has 0 saturated heterocycles. The summed E-state index contributed by atoms with van der Waals surface area (Å²) in [6.45, 7) is 3.99. The number of nitrogens with one attached hydrogen (secondary N) is 1. The third-order valence-electron chi connectivity index (χ3n) is 2.95. The Morgan fingerprint density at radius 3 is 2.76 bits per heavy atom. The number of rotatable bonds is 3. The second-order valence-electron chi connectivity index (χ2n) is 4.94. The van der Waals surface area contributed by atoms with Crippen LogP contribution in [0, 0.1) is 12.3 Å². The van der Waals surface area contributed by atoms with Crippen LogP contribution in [-0.2, 0) is 0 Å². The number of aromatic nitrogens is 1. The maximum atomic E-state index is 12.3. The van der Waals surface area contributed by atoms with Gasteiger partial charge in [0.05, 0.1) is 0 Å². The molecule has 0 fully saturated rings. The number of benzene rings is 1. The first kappa shape index (κ1) is 15.1. The molecule has 1 aromatic heterocycles. The number of carbonyl (C=O) groups excluding carboxylic acids is 1. The molecule has 0 aliphatic rings. The van der Waals surface area contributed by atoms with Gasteiger partial charge < -0.3 is 5.32 Å². The predicted octanol–water partition coefficient (Wildman–Crippen LogP) is 4.09. The predicted molar refractivity (Wildman–Crippen MR) is 85.7 cm³/mol. The average Bonchev–Trinajstić information content (AvgIpc) is 2.46. The number of pyridine rings is 1. The smallest absolute Gasteiger partial charge is 0.255 e. The highest BCUT2D eigenvalue weighted by Crippen LogP contribution is 2.19. The Morgan fingerprint density at radius 2 is 2.10 bits per heavy atom. The van der Waals surface area contributed by atoms with Crippen molar-refractivity contribution in [3.05, 3.63) is 58.4 Å². The quantitative estimate of drug-likeness (QED) is 0.685. The molecule has 4 heteroatoms. The van der Waals surface area contributed by atoms with Gasteiger partial charge in [-0.15, -0.1) is 6.42 Å².